The van der Waals surface area contributed by atoms with Gasteiger partial charge in [0, 0.05) is 12.4 Å². The van der Waals surface area contributed by atoms with E-state index in [1.54, 1.807) is 6.92 Å². The van der Waals surface area contributed by atoms with Crippen molar-refractivity contribution in [2.24, 2.45) is 5.92 Å². The predicted molar refractivity (Wildman–Crippen MR) is 91.3 cm³/mol. The molecule has 0 amide bonds. The minimum absolute atomic E-state index is 0.190. The molecule has 1 aliphatic heterocycles. The Kier molecular flexibility index (Phi) is 6.77. The number of likely N-dealkylation sites (tertiary alicyclic amines) is 1. The van der Waals surface area contributed by atoms with Crippen LogP contribution in [0.1, 0.15) is 58.4 Å². The fourth-order valence-electron chi connectivity index (χ4n) is 2.76. The third-order valence-corrected chi connectivity index (χ3v) is 6.62. The van der Waals surface area contributed by atoms with E-state index in [-0.39, 0.29) is 17.1 Å². The van der Waals surface area contributed by atoms with Crippen molar-refractivity contribution in [3.05, 3.63) is 11.7 Å². The third-order valence-electron chi connectivity index (χ3n) is 4.33. The normalized spacial score (nSPS) is 19.0. The first-order chi connectivity index (χ1) is 11.3. The van der Waals surface area contributed by atoms with Gasteiger partial charge in [0.2, 0.25) is 5.89 Å². The maximum absolute atomic E-state index is 11.9. The van der Waals surface area contributed by atoms with Crippen molar-refractivity contribution in [2.45, 2.75) is 58.4 Å². The Morgan fingerprint density at radius 2 is 1.96 bits per heavy atom. The molecule has 0 aliphatic carbocycles. The van der Waals surface area contributed by atoms with Crippen LogP contribution < -0.4 is 0 Å². The van der Waals surface area contributed by atoms with E-state index in [9.17, 15) is 8.42 Å². The number of rotatable bonds is 8. The zero-order valence-corrected chi connectivity index (χ0v) is 15.9. The second kappa shape index (κ2) is 8.40. The molecule has 2 heterocycles. The van der Waals surface area contributed by atoms with E-state index < -0.39 is 9.84 Å². The van der Waals surface area contributed by atoms with Crippen LogP contribution in [0.25, 0.3) is 0 Å². The molecule has 138 valence electrons. The lowest BCUT2D eigenvalue weighted by molar-refractivity contribution is 0.0402. The molecule has 1 unspecified atom stereocenters. The summed E-state index contributed by atoms with van der Waals surface area (Å²) in [6, 6.07) is 0. The molecule has 8 heteroatoms. The van der Waals surface area contributed by atoms with Gasteiger partial charge < -0.3 is 9.26 Å². The van der Waals surface area contributed by atoms with Crippen LogP contribution in [0.3, 0.4) is 0 Å². The van der Waals surface area contributed by atoms with Crippen LogP contribution in [0.4, 0.5) is 0 Å². The van der Waals surface area contributed by atoms with E-state index in [2.05, 4.69) is 28.9 Å². The summed E-state index contributed by atoms with van der Waals surface area (Å²) in [7, 11) is -2.93. The molecule has 0 aromatic carbocycles. The maximum atomic E-state index is 11.9. The first-order valence-corrected chi connectivity index (χ1v) is 10.4. The summed E-state index contributed by atoms with van der Waals surface area (Å²) in [6.45, 7) is 10.5. The molecule has 0 bridgehead atoms. The van der Waals surface area contributed by atoms with Crippen molar-refractivity contribution in [3.63, 3.8) is 0 Å². The summed E-state index contributed by atoms with van der Waals surface area (Å²) in [6.07, 6.45) is 1.15. The van der Waals surface area contributed by atoms with Gasteiger partial charge in [-0.25, -0.2) is 8.42 Å². The van der Waals surface area contributed by atoms with E-state index >= 15 is 0 Å². The number of ether oxygens (including phenoxy) is 1. The molecule has 1 aliphatic rings. The molecule has 1 aromatic heterocycles. The lowest BCUT2D eigenvalue weighted by Crippen LogP contribution is -2.39. The Balaban J connectivity index is 1.83. The van der Waals surface area contributed by atoms with Crippen LogP contribution in [0.15, 0.2) is 4.52 Å². The molecular weight excluding hydrogens is 330 g/mol. The first kappa shape index (κ1) is 19.3. The zero-order chi connectivity index (χ0) is 17.7. The van der Waals surface area contributed by atoms with Crippen molar-refractivity contribution in [1.29, 1.82) is 0 Å². The van der Waals surface area contributed by atoms with Gasteiger partial charge >= 0.3 is 0 Å². The molecule has 0 N–H and O–H groups in total. The predicted octanol–water partition coefficient (Wildman–Crippen LogP) is 2.20. The highest BCUT2D eigenvalue weighted by Crippen LogP contribution is 2.20. The number of hydrogen-bond acceptors (Lipinski definition) is 7. The summed E-state index contributed by atoms with van der Waals surface area (Å²) in [4.78, 5) is 6.57. The standard InChI is InChI=1S/C16H29N3O4S/c1-5-24(20,21)14-6-8-19(9-7-14)10-15-17-16(18-23-15)13(4)22-11-12(2)3/h12-14H,5-11H2,1-4H3. The highest BCUT2D eigenvalue weighted by atomic mass is 32.2. The molecule has 1 fully saturated rings. The molecule has 0 spiro atoms. The smallest absolute Gasteiger partial charge is 0.240 e. The molecular formula is C16H29N3O4S. The van der Waals surface area contributed by atoms with E-state index in [1.165, 1.54) is 0 Å². The average molecular weight is 359 g/mol. The van der Waals surface area contributed by atoms with Crippen LogP contribution in [-0.2, 0) is 21.1 Å². The third kappa shape index (κ3) is 5.26. The van der Waals surface area contributed by atoms with Gasteiger partial charge in [-0.05, 0) is 38.8 Å². The van der Waals surface area contributed by atoms with Crippen LogP contribution in [0.5, 0.6) is 0 Å². The minimum Gasteiger partial charge on any atom is -0.370 e. The summed E-state index contributed by atoms with van der Waals surface area (Å²) in [5.74, 6) is 1.80. The molecule has 7 nitrogen and oxygen atoms in total. The van der Waals surface area contributed by atoms with Gasteiger partial charge in [0.25, 0.3) is 0 Å². The van der Waals surface area contributed by atoms with Gasteiger partial charge in [0.1, 0.15) is 6.10 Å². The molecule has 0 radical (unpaired) electrons. The van der Waals surface area contributed by atoms with E-state index in [0.29, 0.717) is 43.6 Å². The maximum Gasteiger partial charge on any atom is 0.240 e. The summed E-state index contributed by atoms with van der Waals surface area (Å²) < 4.78 is 34.9. The topological polar surface area (TPSA) is 85.5 Å². The van der Waals surface area contributed by atoms with E-state index in [4.69, 9.17) is 9.26 Å². The van der Waals surface area contributed by atoms with Crippen LogP contribution >= 0.6 is 0 Å². The van der Waals surface area contributed by atoms with E-state index in [1.807, 2.05) is 6.92 Å². The highest BCUT2D eigenvalue weighted by Gasteiger charge is 2.29. The SMILES string of the molecule is CCS(=O)(=O)C1CCN(Cc2nc(C(C)OCC(C)C)no2)CC1. The second-order valence-corrected chi connectivity index (χ2v) is 9.41. The van der Waals surface area contributed by atoms with Crippen LogP contribution in [0, 0.1) is 5.92 Å². The van der Waals surface area contributed by atoms with Gasteiger partial charge in [0.05, 0.1) is 11.8 Å². The average Bonchev–Trinajstić information content (AvgIpc) is 3.01. The fraction of sp³-hybridized carbons (Fsp3) is 0.875. The monoisotopic (exact) mass is 359 g/mol. The van der Waals surface area contributed by atoms with E-state index in [0.717, 1.165) is 13.1 Å². The Morgan fingerprint density at radius 1 is 1.29 bits per heavy atom. The summed E-state index contributed by atoms with van der Waals surface area (Å²) >= 11 is 0. The van der Waals surface area contributed by atoms with Crippen molar-refractivity contribution < 1.29 is 17.7 Å². The number of sulfone groups is 1. The summed E-state index contributed by atoms with van der Waals surface area (Å²) in [5.41, 5.74) is 0. The molecule has 1 saturated heterocycles. The highest BCUT2D eigenvalue weighted by molar-refractivity contribution is 7.92. The molecule has 0 saturated carbocycles. The Hall–Kier alpha value is -0.990. The van der Waals surface area contributed by atoms with Crippen molar-refractivity contribution in [2.75, 3.05) is 25.4 Å². The summed E-state index contributed by atoms with van der Waals surface area (Å²) in [5, 5.41) is 3.79. The first-order valence-electron chi connectivity index (χ1n) is 8.69. The quantitative estimate of drug-likeness (QED) is 0.703. The number of piperidine rings is 1. The van der Waals surface area contributed by atoms with Crippen molar-refractivity contribution >= 4 is 9.84 Å². The molecule has 2 rings (SSSR count). The molecule has 1 atom stereocenters. The number of aromatic nitrogens is 2. The van der Waals surface area contributed by atoms with Gasteiger partial charge in [-0.1, -0.05) is 25.9 Å². The lowest BCUT2D eigenvalue weighted by Gasteiger charge is -2.30. The Morgan fingerprint density at radius 3 is 2.54 bits per heavy atom. The molecule has 24 heavy (non-hydrogen) atoms. The minimum atomic E-state index is -2.93. The fourth-order valence-corrected chi connectivity index (χ4v) is 4.16. The van der Waals surface area contributed by atoms with Gasteiger partial charge in [-0.2, -0.15) is 4.98 Å². The van der Waals surface area contributed by atoms with Crippen LogP contribution in [-0.4, -0.2) is 54.2 Å². The molecule has 1 aromatic rings. The van der Waals surface area contributed by atoms with Gasteiger partial charge in [-0.3, -0.25) is 4.90 Å². The number of hydrogen-bond donors (Lipinski definition) is 0. The Labute approximate surface area is 144 Å². The van der Waals surface area contributed by atoms with Crippen molar-refractivity contribution in [3.8, 4) is 0 Å². The van der Waals surface area contributed by atoms with Gasteiger partial charge in [0.15, 0.2) is 15.7 Å². The van der Waals surface area contributed by atoms with Gasteiger partial charge in [-0.15, -0.1) is 0 Å². The van der Waals surface area contributed by atoms with Crippen LogP contribution in [0.2, 0.25) is 0 Å². The second-order valence-electron chi connectivity index (χ2n) is 6.84. The van der Waals surface area contributed by atoms with Crippen molar-refractivity contribution in [1.82, 2.24) is 15.0 Å². The largest absolute Gasteiger partial charge is 0.370 e. The Bertz CT molecular complexity index is 607. The lowest BCUT2D eigenvalue weighted by atomic mass is 10.1. The number of nitrogens with zero attached hydrogens (tertiary/aromatic N) is 3. The zero-order valence-electron chi connectivity index (χ0n) is 15.1.